The summed E-state index contributed by atoms with van der Waals surface area (Å²) in [5.74, 6) is -0.805. The number of carbonyl (C=O) groups is 1. The first-order chi connectivity index (χ1) is 7.72. The second-order valence-corrected chi connectivity index (χ2v) is 4.59. The van der Waals surface area contributed by atoms with Gasteiger partial charge in [-0.1, -0.05) is 31.1 Å². The predicted molar refractivity (Wildman–Crippen MR) is 63.9 cm³/mol. The van der Waals surface area contributed by atoms with Crippen molar-refractivity contribution in [2.75, 3.05) is 11.9 Å². The van der Waals surface area contributed by atoms with Crippen LogP contribution >= 0.6 is 11.3 Å². The highest BCUT2D eigenvalue weighted by atomic mass is 32.1. The molecule has 0 aliphatic rings. The van der Waals surface area contributed by atoms with Gasteiger partial charge in [0.1, 0.15) is 5.01 Å². The number of unbranched alkanes of at least 4 members (excludes halogenated alkanes) is 2. The fourth-order valence-electron chi connectivity index (χ4n) is 1.23. The summed E-state index contributed by atoms with van der Waals surface area (Å²) in [5, 5.41) is 21.2. The summed E-state index contributed by atoms with van der Waals surface area (Å²) in [7, 11) is 0. The number of rotatable bonds is 8. The van der Waals surface area contributed by atoms with Crippen LogP contribution < -0.4 is 5.32 Å². The maximum Gasteiger partial charge on any atom is 0.305 e. The van der Waals surface area contributed by atoms with Crippen LogP contribution in [0.5, 0.6) is 0 Å². The van der Waals surface area contributed by atoms with Crippen LogP contribution in [0.3, 0.4) is 0 Å². The molecule has 16 heavy (non-hydrogen) atoms. The van der Waals surface area contributed by atoms with Gasteiger partial charge in [-0.25, -0.2) is 0 Å². The summed E-state index contributed by atoms with van der Waals surface area (Å²) in [5.41, 5.74) is 0. The highest BCUT2D eigenvalue weighted by Crippen LogP contribution is 2.17. The number of carboxylic acid groups (broad SMARTS) is 1. The van der Waals surface area contributed by atoms with Gasteiger partial charge in [-0.2, -0.15) is 0 Å². The summed E-state index contributed by atoms with van der Waals surface area (Å²) >= 11 is 1.51. The van der Waals surface area contributed by atoms with E-state index in [9.17, 15) is 4.79 Å². The van der Waals surface area contributed by atoms with Gasteiger partial charge in [0.2, 0.25) is 5.13 Å². The third-order valence-electron chi connectivity index (χ3n) is 2.08. The summed E-state index contributed by atoms with van der Waals surface area (Å²) < 4.78 is 0. The summed E-state index contributed by atoms with van der Waals surface area (Å²) in [4.78, 5) is 10.3. The van der Waals surface area contributed by atoms with Gasteiger partial charge in [-0.3, -0.25) is 4.79 Å². The molecule has 1 rings (SSSR count). The van der Waals surface area contributed by atoms with Gasteiger partial charge in [0, 0.05) is 13.0 Å². The Morgan fingerprint density at radius 1 is 1.44 bits per heavy atom. The molecule has 1 aromatic heterocycles. The average molecular weight is 243 g/mol. The number of aryl methyl sites for hydroxylation is 1. The van der Waals surface area contributed by atoms with Crippen molar-refractivity contribution in [3.05, 3.63) is 5.01 Å². The van der Waals surface area contributed by atoms with E-state index in [2.05, 4.69) is 22.4 Å². The molecule has 0 saturated carbocycles. The quantitative estimate of drug-likeness (QED) is 0.684. The third-order valence-corrected chi connectivity index (χ3v) is 3.02. The number of nitrogens with zero attached hydrogens (tertiary/aromatic N) is 2. The SMILES string of the molecule is CCCCCc1nnc(NCCC(=O)O)s1. The van der Waals surface area contributed by atoms with Crippen LogP contribution in [0, 0.1) is 0 Å². The molecule has 0 unspecified atom stereocenters. The van der Waals surface area contributed by atoms with Crippen molar-refractivity contribution >= 4 is 22.4 Å². The van der Waals surface area contributed by atoms with E-state index in [1.165, 1.54) is 24.2 Å². The van der Waals surface area contributed by atoms with Crippen molar-refractivity contribution in [1.29, 1.82) is 0 Å². The number of anilines is 1. The molecular weight excluding hydrogens is 226 g/mol. The van der Waals surface area contributed by atoms with Crippen molar-refractivity contribution in [3.8, 4) is 0 Å². The molecule has 1 heterocycles. The van der Waals surface area contributed by atoms with Gasteiger partial charge in [0.25, 0.3) is 0 Å². The van der Waals surface area contributed by atoms with E-state index in [4.69, 9.17) is 5.11 Å². The normalized spacial score (nSPS) is 10.3. The van der Waals surface area contributed by atoms with Gasteiger partial charge >= 0.3 is 5.97 Å². The second kappa shape index (κ2) is 7.16. The Kier molecular flexibility index (Phi) is 5.77. The van der Waals surface area contributed by atoms with Crippen LogP contribution in [-0.2, 0) is 11.2 Å². The van der Waals surface area contributed by atoms with E-state index >= 15 is 0 Å². The lowest BCUT2D eigenvalue weighted by molar-refractivity contribution is -0.136. The predicted octanol–water partition coefficient (Wildman–Crippen LogP) is 2.16. The first-order valence-electron chi connectivity index (χ1n) is 5.50. The van der Waals surface area contributed by atoms with Crippen molar-refractivity contribution in [2.45, 2.75) is 39.0 Å². The Labute approximate surface area is 98.9 Å². The molecule has 1 aromatic rings. The molecule has 0 bridgehead atoms. The zero-order valence-electron chi connectivity index (χ0n) is 9.40. The molecule has 0 saturated heterocycles. The number of aromatic nitrogens is 2. The number of hydrogen-bond acceptors (Lipinski definition) is 5. The molecule has 5 nitrogen and oxygen atoms in total. The topological polar surface area (TPSA) is 75.1 Å². The molecule has 90 valence electrons. The molecule has 0 fully saturated rings. The third kappa shape index (κ3) is 5.06. The molecule has 0 amide bonds. The minimum Gasteiger partial charge on any atom is -0.481 e. The first-order valence-corrected chi connectivity index (χ1v) is 6.32. The van der Waals surface area contributed by atoms with E-state index in [1.807, 2.05) is 0 Å². The number of hydrogen-bond donors (Lipinski definition) is 2. The maximum atomic E-state index is 10.3. The fourth-order valence-corrected chi connectivity index (χ4v) is 2.04. The highest BCUT2D eigenvalue weighted by Gasteiger charge is 2.04. The fraction of sp³-hybridized carbons (Fsp3) is 0.700. The number of carboxylic acids is 1. The van der Waals surface area contributed by atoms with Crippen molar-refractivity contribution < 1.29 is 9.90 Å². The van der Waals surface area contributed by atoms with E-state index in [0.29, 0.717) is 11.7 Å². The summed E-state index contributed by atoms with van der Waals surface area (Å²) in [6.07, 6.45) is 4.61. The Balaban J connectivity index is 2.25. The molecule has 0 spiro atoms. The molecule has 0 aliphatic heterocycles. The molecule has 0 atom stereocenters. The Hall–Kier alpha value is -1.17. The van der Waals surface area contributed by atoms with E-state index in [0.717, 1.165) is 17.8 Å². The van der Waals surface area contributed by atoms with Crippen LogP contribution in [-0.4, -0.2) is 27.8 Å². The molecule has 6 heteroatoms. The number of aliphatic carboxylic acids is 1. The molecular formula is C10H17N3O2S. The van der Waals surface area contributed by atoms with E-state index < -0.39 is 5.97 Å². The van der Waals surface area contributed by atoms with Crippen molar-refractivity contribution in [3.63, 3.8) is 0 Å². The average Bonchev–Trinajstić information content (AvgIpc) is 2.66. The van der Waals surface area contributed by atoms with Crippen molar-refractivity contribution in [2.24, 2.45) is 0 Å². The van der Waals surface area contributed by atoms with Gasteiger partial charge in [-0.15, -0.1) is 10.2 Å². The zero-order valence-corrected chi connectivity index (χ0v) is 10.2. The van der Waals surface area contributed by atoms with E-state index in [-0.39, 0.29) is 6.42 Å². The largest absolute Gasteiger partial charge is 0.481 e. The summed E-state index contributed by atoms with van der Waals surface area (Å²) in [6.45, 7) is 2.57. The first kappa shape index (κ1) is 12.9. The van der Waals surface area contributed by atoms with Gasteiger partial charge < -0.3 is 10.4 Å². The minimum atomic E-state index is -0.805. The lowest BCUT2D eigenvalue weighted by Crippen LogP contribution is -2.07. The van der Waals surface area contributed by atoms with Crippen LogP contribution in [0.1, 0.15) is 37.6 Å². The minimum absolute atomic E-state index is 0.102. The smallest absolute Gasteiger partial charge is 0.305 e. The van der Waals surface area contributed by atoms with Gasteiger partial charge in [0.15, 0.2) is 0 Å². The van der Waals surface area contributed by atoms with Gasteiger partial charge in [0.05, 0.1) is 6.42 Å². The van der Waals surface area contributed by atoms with Crippen LogP contribution in [0.4, 0.5) is 5.13 Å². The van der Waals surface area contributed by atoms with Crippen LogP contribution in [0.2, 0.25) is 0 Å². The Morgan fingerprint density at radius 2 is 2.25 bits per heavy atom. The standard InChI is InChI=1S/C10H17N3O2S/c1-2-3-4-5-8-12-13-10(16-8)11-7-6-9(14)15/h2-7H2,1H3,(H,11,13)(H,14,15). The second-order valence-electron chi connectivity index (χ2n) is 3.53. The van der Waals surface area contributed by atoms with Crippen molar-refractivity contribution in [1.82, 2.24) is 10.2 Å². The molecule has 0 aliphatic carbocycles. The molecule has 2 N–H and O–H groups in total. The summed E-state index contributed by atoms with van der Waals surface area (Å²) in [6, 6.07) is 0. The molecule has 0 aromatic carbocycles. The number of nitrogens with one attached hydrogen (secondary N) is 1. The lowest BCUT2D eigenvalue weighted by Gasteiger charge is -1.96. The molecule has 0 radical (unpaired) electrons. The maximum absolute atomic E-state index is 10.3. The highest BCUT2D eigenvalue weighted by molar-refractivity contribution is 7.15. The Bertz CT molecular complexity index is 328. The lowest BCUT2D eigenvalue weighted by atomic mass is 10.2. The van der Waals surface area contributed by atoms with E-state index in [1.54, 1.807) is 0 Å². The monoisotopic (exact) mass is 243 g/mol. The Morgan fingerprint density at radius 3 is 2.94 bits per heavy atom. The van der Waals surface area contributed by atoms with Gasteiger partial charge in [-0.05, 0) is 6.42 Å². The zero-order chi connectivity index (χ0) is 11.8. The van der Waals surface area contributed by atoms with Crippen LogP contribution in [0.25, 0.3) is 0 Å². The van der Waals surface area contributed by atoms with Crippen LogP contribution in [0.15, 0.2) is 0 Å².